The van der Waals surface area contributed by atoms with Crippen molar-refractivity contribution < 1.29 is 19.0 Å². The molecule has 0 aliphatic carbocycles. The molecule has 2 aromatic rings. The molecule has 2 rings (SSSR count). The Hall–Kier alpha value is -2.36. The molecule has 0 saturated carbocycles. The van der Waals surface area contributed by atoms with Crippen molar-refractivity contribution in [3.63, 3.8) is 0 Å². The second-order valence-electron chi connectivity index (χ2n) is 5.87. The summed E-state index contributed by atoms with van der Waals surface area (Å²) in [4.78, 5) is 11.7. The van der Waals surface area contributed by atoms with Crippen LogP contribution >= 0.6 is 0 Å². The monoisotopic (exact) mass is 316 g/mol. The fraction of sp³-hybridized carbons (Fsp3) is 0.316. The highest BCUT2D eigenvalue weighted by atomic mass is 19.1. The van der Waals surface area contributed by atoms with Crippen molar-refractivity contribution in [1.82, 2.24) is 0 Å². The zero-order valence-corrected chi connectivity index (χ0v) is 13.5. The van der Waals surface area contributed by atoms with E-state index in [4.69, 9.17) is 4.74 Å². The van der Waals surface area contributed by atoms with Crippen LogP contribution in [0, 0.1) is 5.82 Å². The van der Waals surface area contributed by atoms with Gasteiger partial charge in [0.05, 0.1) is 13.0 Å². The average Bonchev–Trinajstić information content (AvgIpc) is 2.53. The number of carbonyl (C=O) groups is 1. The van der Waals surface area contributed by atoms with Gasteiger partial charge in [0.1, 0.15) is 11.6 Å². The lowest BCUT2D eigenvalue weighted by Gasteiger charge is -2.17. The van der Waals surface area contributed by atoms with E-state index in [1.165, 1.54) is 24.3 Å². The first-order chi connectivity index (χ1) is 10.9. The standard InChI is InChI=1S/C19H21FO3/c1-12(2)14-6-9-18(23-3)15(10-14)11-17(19(21)22)13-4-7-16(20)8-5-13/h4-10,12,17H,11H2,1-3H3,(H,21,22). The van der Waals surface area contributed by atoms with Crippen LogP contribution in [0.2, 0.25) is 0 Å². The fourth-order valence-corrected chi connectivity index (χ4v) is 2.58. The average molecular weight is 316 g/mol. The normalized spacial score (nSPS) is 12.2. The summed E-state index contributed by atoms with van der Waals surface area (Å²) in [5.74, 6) is -1.05. The number of methoxy groups -OCH3 is 1. The second-order valence-corrected chi connectivity index (χ2v) is 5.87. The van der Waals surface area contributed by atoms with Crippen molar-refractivity contribution in [2.24, 2.45) is 0 Å². The Balaban J connectivity index is 2.38. The molecular weight excluding hydrogens is 295 g/mol. The Morgan fingerprint density at radius 3 is 2.26 bits per heavy atom. The van der Waals surface area contributed by atoms with Gasteiger partial charge < -0.3 is 9.84 Å². The number of halogens is 1. The van der Waals surface area contributed by atoms with E-state index in [9.17, 15) is 14.3 Å². The maximum absolute atomic E-state index is 13.1. The van der Waals surface area contributed by atoms with Gasteiger partial charge in [-0.05, 0) is 47.2 Å². The van der Waals surface area contributed by atoms with Crippen LogP contribution in [-0.2, 0) is 11.2 Å². The molecule has 0 aliphatic heterocycles. The SMILES string of the molecule is COc1ccc(C(C)C)cc1CC(C(=O)O)c1ccc(F)cc1. The first-order valence-corrected chi connectivity index (χ1v) is 7.57. The van der Waals surface area contributed by atoms with Crippen LogP contribution < -0.4 is 4.74 Å². The van der Waals surface area contributed by atoms with Crippen LogP contribution in [0.3, 0.4) is 0 Å². The topological polar surface area (TPSA) is 46.5 Å². The Labute approximate surface area is 135 Å². The number of carboxylic acids is 1. The highest BCUT2D eigenvalue weighted by Crippen LogP contribution is 2.30. The van der Waals surface area contributed by atoms with Gasteiger partial charge in [-0.15, -0.1) is 0 Å². The summed E-state index contributed by atoms with van der Waals surface area (Å²) in [5.41, 5.74) is 2.55. The van der Waals surface area contributed by atoms with Gasteiger partial charge in [-0.25, -0.2) is 4.39 Å². The molecule has 1 N–H and O–H groups in total. The first kappa shape index (κ1) is 17.0. The van der Waals surface area contributed by atoms with E-state index in [1.807, 2.05) is 18.2 Å². The molecule has 0 saturated heterocycles. The first-order valence-electron chi connectivity index (χ1n) is 7.57. The van der Waals surface area contributed by atoms with Crippen LogP contribution in [-0.4, -0.2) is 18.2 Å². The predicted octanol–water partition coefficient (Wildman–Crippen LogP) is 4.37. The molecule has 3 nitrogen and oxygen atoms in total. The van der Waals surface area contributed by atoms with Gasteiger partial charge >= 0.3 is 5.97 Å². The van der Waals surface area contributed by atoms with Crippen LogP contribution in [0.15, 0.2) is 42.5 Å². The molecule has 122 valence electrons. The minimum atomic E-state index is -0.936. The summed E-state index contributed by atoms with van der Waals surface area (Å²) in [7, 11) is 1.57. The molecule has 1 unspecified atom stereocenters. The largest absolute Gasteiger partial charge is 0.496 e. The summed E-state index contributed by atoms with van der Waals surface area (Å²) >= 11 is 0. The molecular formula is C19H21FO3. The maximum atomic E-state index is 13.1. The van der Waals surface area contributed by atoms with Crippen molar-refractivity contribution in [3.05, 3.63) is 65.0 Å². The fourth-order valence-electron chi connectivity index (χ4n) is 2.58. The van der Waals surface area contributed by atoms with Gasteiger partial charge in [-0.3, -0.25) is 4.79 Å². The summed E-state index contributed by atoms with van der Waals surface area (Å²) in [6.07, 6.45) is 0.296. The lowest BCUT2D eigenvalue weighted by Crippen LogP contribution is -2.15. The zero-order chi connectivity index (χ0) is 17.0. The molecule has 0 bridgehead atoms. The van der Waals surface area contributed by atoms with Crippen LogP contribution in [0.5, 0.6) is 5.75 Å². The summed E-state index contributed by atoms with van der Waals surface area (Å²) in [6.45, 7) is 4.17. The third-order valence-corrected chi connectivity index (χ3v) is 3.97. The number of hydrogen-bond donors (Lipinski definition) is 1. The number of carboxylic acid groups (broad SMARTS) is 1. The molecule has 4 heteroatoms. The number of hydrogen-bond acceptors (Lipinski definition) is 2. The third kappa shape index (κ3) is 4.09. The Bertz CT molecular complexity index is 678. The van der Waals surface area contributed by atoms with E-state index in [1.54, 1.807) is 7.11 Å². The Morgan fingerprint density at radius 2 is 1.74 bits per heavy atom. The van der Waals surface area contributed by atoms with Crippen molar-refractivity contribution in [2.75, 3.05) is 7.11 Å². The number of benzene rings is 2. The van der Waals surface area contributed by atoms with E-state index in [0.29, 0.717) is 23.7 Å². The van der Waals surface area contributed by atoms with E-state index >= 15 is 0 Å². The van der Waals surface area contributed by atoms with Gasteiger partial charge in [-0.2, -0.15) is 0 Å². The van der Waals surface area contributed by atoms with Gasteiger partial charge in [0.15, 0.2) is 0 Å². The molecule has 23 heavy (non-hydrogen) atoms. The minimum absolute atomic E-state index is 0.296. The number of aliphatic carboxylic acids is 1. The van der Waals surface area contributed by atoms with Gasteiger partial charge in [-0.1, -0.05) is 38.1 Å². The van der Waals surface area contributed by atoms with Crippen LogP contribution in [0.4, 0.5) is 4.39 Å². The van der Waals surface area contributed by atoms with E-state index in [2.05, 4.69) is 13.8 Å². The van der Waals surface area contributed by atoms with E-state index in [0.717, 1.165) is 11.1 Å². The highest BCUT2D eigenvalue weighted by Gasteiger charge is 2.22. The molecule has 0 aliphatic rings. The van der Waals surface area contributed by atoms with E-state index < -0.39 is 11.9 Å². The summed E-state index contributed by atoms with van der Waals surface area (Å²) < 4.78 is 18.4. The van der Waals surface area contributed by atoms with Crippen LogP contribution in [0.1, 0.15) is 42.4 Å². The van der Waals surface area contributed by atoms with Crippen LogP contribution in [0.25, 0.3) is 0 Å². The molecule has 2 aromatic carbocycles. The third-order valence-electron chi connectivity index (χ3n) is 3.97. The molecule has 0 fully saturated rings. The van der Waals surface area contributed by atoms with Gasteiger partial charge in [0, 0.05) is 0 Å². The number of rotatable bonds is 6. The molecule has 0 spiro atoms. The van der Waals surface area contributed by atoms with Crippen molar-refractivity contribution in [3.8, 4) is 5.75 Å². The van der Waals surface area contributed by atoms with Gasteiger partial charge in [0.2, 0.25) is 0 Å². The zero-order valence-electron chi connectivity index (χ0n) is 13.5. The smallest absolute Gasteiger partial charge is 0.311 e. The molecule has 0 aromatic heterocycles. The van der Waals surface area contributed by atoms with Gasteiger partial charge in [0.25, 0.3) is 0 Å². The van der Waals surface area contributed by atoms with E-state index in [-0.39, 0.29) is 5.82 Å². The second kappa shape index (κ2) is 7.27. The Kier molecular flexibility index (Phi) is 5.37. The maximum Gasteiger partial charge on any atom is 0.311 e. The predicted molar refractivity (Wildman–Crippen MR) is 87.6 cm³/mol. The molecule has 1 atom stereocenters. The van der Waals surface area contributed by atoms with Crippen molar-refractivity contribution in [2.45, 2.75) is 32.1 Å². The summed E-state index contributed by atoms with van der Waals surface area (Å²) in [6, 6.07) is 11.5. The highest BCUT2D eigenvalue weighted by molar-refractivity contribution is 5.76. The quantitative estimate of drug-likeness (QED) is 0.861. The minimum Gasteiger partial charge on any atom is -0.496 e. The molecule has 0 heterocycles. The Morgan fingerprint density at radius 1 is 1.13 bits per heavy atom. The van der Waals surface area contributed by atoms with Crippen molar-refractivity contribution >= 4 is 5.97 Å². The molecule has 0 amide bonds. The van der Waals surface area contributed by atoms with Crippen molar-refractivity contribution in [1.29, 1.82) is 0 Å². The lowest BCUT2D eigenvalue weighted by atomic mass is 9.89. The lowest BCUT2D eigenvalue weighted by molar-refractivity contribution is -0.138. The molecule has 0 radical (unpaired) electrons. The number of ether oxygens (including phenoxy) is 1. The summed E-state index contributed by atoms with van der Waals surface area (Å²) in [5, 5.41) is 9.56.